The molecule has 0 aliphatic carbocycles. The fraction of sp³-hybridized carbons (Fsp3) is 0.643. The van der Waals surface area contributed by atoms with Gasteiger partial charge >= 0.3 is 0 Å². The van der Waals surface area contributed by atoms with Crippen molar-refractivity contribution in [3.8, 4) is 0 Å². The second-order valence-corrected chi connectivity index (χ2v) is 4.16. The van der Waals surface area contributed by atoms with Crippen LogP contribution in [-0.2, 0) is 11.3 Å². The summed E-state index contributed by atoms with van der Waals surface area (Å²) in [7, 11) is 0. The second kappa shape index (κ2) is 9.14. The zero-order valence-electron chi connectivity index (χ0n) is 11.1. The van der Waals surface area contributed by atoms with Gasteiger partial charge in [0.25, 0.3) is 0 Å². The van der Waals surface area contributed by atoms with E-state index >= 15 is 0 Å². The summed E-state index contributed by atoms with van der Waals surface area (Å²) < 4.78 is 5.63. The van der Waals surface area contributed by atoms with Crippen LogP contribution in [0.1, 0.15) is 32.4 Å². The Morgan fingerprint density at radius 2 is 2.12 bits per heavy atom. The predicted molar refractivity (Wildman–Crippen MR) is 70.9 cm³/mol. The summed E-state index contributed by atoms with van der Waals surface area (Å²) >= 11 is 0. The minimum absolute atomic E-state index is 0.617. The fourth-order valence-corrected chi connectivity index (χ4v) is 1.66. The van der Waals surface area contributed by atoms with Crippen molar-refractivity contribution >= 4 is 0 Å². The summed E-state index contributed by atoms with van der Waals surface area (Å²) in [4.78, 5) is 6.66. The molecular weight excluding hydrogens is 212 g/mol. The predicted octanol–water partition coefficient (Wildman–Crippen LogP) is 2.72. The second-order valence-electron chi connectivity index (χ2n) is 4.16. The molecule has 0 atom stereocenters. The zero-order chi connectivity index (χ0) is 12.3. The number of aromatic nitrogens is 1. The lowest BCUT2D eigenvalue weighted by atomic mass is 10.3. The quantitative estimate of drug-likeness (QED) is 0.616. The third-order valence-corrected chi connectivity index (χ3v) is 2.80. The van der Waals surface area contributed by atoms with Gasteiger partial charge in [-0.3, -0.25) is 4.98 Å². The first kappa shape index (κ1) is 14.1. The third-order valence-electron chi connectivity index (χ3n) is 2.80. The van der Waals surface area contributed by atoms with Crippen LogP contribution < -0.4 is 0 Å². The first-order chi connectivity index (χ1) is 8.36. The minimum atomic E-state index is 0.617. The molecule has 1 aromatic heterocycles. The van der Waals surface area contributed by atoms with Gasteiger partial charge in [0.05, 0.1) is 18.9 Å². The summed E-state index contributed by atoms with van der Waals surface area (Å²) in [5.74, 6) is 0. The standard InChI is InChI=1S/C14H24N2O/c1-3-5-10-16(4-2)11-12-17-13-14-8-6-7-9-15-14/h6-9H,3-5,10-13H2,1-2H3. The van der Waals surface area contributed by atoms with Crippen LogP contribution in [0, 0.1) is 0 Å². The van der Waals surface area contributed by atoms with Crippen molar-refractivity contribution in [2.45, 2.75) is 33.3 Å². The molecule has 0 bridgehead atoms. The number of ether oxygens (including phenoxy) is 1. The maximum atomic E-state index is 5.63. The molecular formula is C14H24N2O. The lowest BCUT2D eigenvalue weighted by molar-refractivity contribution is 0.0917. The van der Waals surface area contributed by atoms with E-state index in [-0.39, 0.29) is 0 Å². The van der Waals surface area contributed by atoms with Crippen LogP contribution in [0.15, 0.2) is 24.4 Å². The molecule has 0 aliphatic rings. The number of hydrogen-bond donors (Lipinski definition) is 0. The molecule has 0 spiro atoms. The number of nitrogens with zero attached hydrogens (tertiary/aromatic N) is 2. The highest BCUT2D eigenvalue weighted by molar-refractivity contribution is 5.01. The molecule has 0 unspecified atom stereocenters. The summed E-state index contributed by atoms with van der Waals surface area (Å²) in [5.41, 5.74) is 1.00. The SMILES string of the molecule is CCCCN(CC)CCOCc1ccccn1. The Morgan fingerprint density at radius 1 is 1.24 bits per heavy atom. The first-order valence-corrected chi connectivity index (χ1v) is 6.56. The molecule has 0 amide bonds. The highest BCUT2D eigenvalue weighted by atomic mass is 16.5. The molecule has 17 heavy (non-hydrogen) atoms. The van der Waals surface area contributed by atoms with E-state index in [0.717, 1.165) is 25.4 Å². The van der Waals surface area contributed by atoms with Crippen molar-refractivity contribution in [2.24, 2.45) is 0 Å². The Hall–Kier alpha value is -0.930. The van der Waals surface area contributed by atoms with E-state index in [1.165, 1.54) is 19.4 Å². The van der Waals surface area contributed by atoms with Crippen molar-refractivity contribution in [2.75, 3.05) is 26.2 Å². The van der Waals surface area contributed by atoms with E-state index in [1.807, 2.05) is 18.2 Å². The Morgan fingerprint density at radius 3 is 2.76 bits per heavy atom. The maximum Gasteiger partial charge on any atom is 0.0888 e. The van der Waals surface area contributed by atoms with E-state index in [0.29, 0.717) is 6.61 Å². The number of pyridine rings is 1. The van der Waals surface area contributed by atoms with Crippen LogP contribution in [0.2, 0.25) is 0 Å². The smallest absolute Gasteiger partial charge is 0.0888 e. The molecule has 0 radical (unpaired) electrons. The largest absolute Gasteiger partial charge is 0.374 e. The first-order valence-electron chi connectivity index (χ1n) is 6.56. The summed E-state index contributed by atoms with van der Waals surface area (Å²) in [6.45, 7) is 9.14. The number of unbranched alkanes of at least 4 members (excludes halogenated alkanes) is 1. The van der Waals surface area contributed by atoms with Crippen LogP contribution >= 0.6 is 0 Å². The molecule has 0 aliphatic heterocycles. The summed E-state index contributed by atoms with van der Waals surface area (Å²) in [6, 6.07) is 5.91. The van der Waals surface area contributed by atoms with Crippen molar-refractivity contribution < 1.29 is 4.74 Å². The van der Waals surface area contributed by atoms with E-state index in [2.05, 4.69) is 23.7 Å². The van der Waals surface area contributed by atoms with Crippen LogP contribution in [0.4, 0.5) is 0 Å². The van der Waals surface area contributed by atoms with Gasteiger partial charge in [-0.25, -0.2) is 0 Å². The van der Waals surface area contributed by atoms with Gasteiger partial charge in [-0.05, 0) is 31.6 Å². The maximum absolute atomic E-state index is 5.63. The monoisotopic (exact) mass is 236 g/mol. The van der Waals surface area contributed by atoms with Gasteiger partial charge in [-0.2, -0.15) is 0 Å². The molecule has 3 heteroatoms. The zero-order valence-corrected chi connectivity index (χ0v) is 11.1. The molecule has 3 nitrogen and oxygen atoms in total. The van der Waals surface area contributed by atoms with Gasteiger partial charge in [-0.1, -0.05) is 26.3 Å². The topological polar surface area (TPSA) is 25.4 Å². The average Bonchev–Trinajstić information content (AvgIpc) is 2.39. The van der Waals surface area contributed by atoms with Gasteiger partial charge in [0, 0.05) is 12.7 Å². The minimum Gasteiger partial charge on any atom is -0.374 e. The number of rotatable bonds is 9. The molecule has 0 fully saturated rings. The Kier molecular flexibility index (Phi) is 7.60. The highest BCUT2D eigenvalue weighted by Crippen LogP contribution is 1.98. The van der Waals surface area contributed by atoms with Crippen LogP contribution in [0.3, 0.4) is 0 Å². The Bertz CT molecular complexity index is 277. The molecule has 0 saturated heterocycles. The Balaban J connectivity index is 2.10. The van der Waals surface area contributed by atoms with Gasteiger partial charge in [0.2, 0.25) is 0 Å². The molecule has 0 N–H and O–H groups in total. The lowest BCUT2D eigenvalue weighted by Gasteiger charge is -2.19. The van der Waals surface area contributed by atoms with E-state index in [9.17, 15) is 0 Å². The summed E-state index contributed by atoms with van der Waals surface area (Å²) in [6.07, 6.45) is 4.33. The van der Waals surface area contributed by atoms with Gasteiger partial charge in [0.1, 0.15) is 0 Å². The molecule has 96 valence electrons. The third kappa shape index (κ3) is 6.39. The molecule has 1 aromatic rings. The van der Waals surface area contributed by atoms with Crippen molar-refractivity contribution in [1.82, 2.24) is 9.88 Å². The van der Waals surface area contributed by atoms with E-state index in [4.69, 9.17) is 4.74 Å². The molecule has 1 rings (SSSR count). The van der Waals surface area contributed by atoms with Crippen molar-refractivity contribution in [3.05, 3.63) is 30.1 Å². The lowest BCUT2D eigenvalue weighted by Crippen LogP contribution is -2.28. The van der Waals surface area contributed by atoms with Gasteiger partial charge in [0.15, 0.2) is 0 Å². The van der Waals surface area contributed by atoms with Crippen molar-refractivity contribution in [3.63, 3.8) is 0 Å². The van der Waals surface area contributed by atoms with Crippen LogP contribution in [-0.4, -0.2) is 36.1 Å². The van der Waals surface area contributed by atoms with Gasteiger partial charge in [-0.15, -0.1) is 0 Å². The van der Waals surface area contributed by atoms with Crippen LogP contribution in [0.25, 0.3) is 0 Å². The molecule has 0 aromatic carbocycles. The highest BCUT2D eigenvalue weighted by Gasteiger charge is 2.01. The van der Waals surface area contributed by atoms with E-state index < -0.39 is 0 Å². The number of likely N-dealkylation sites (N-methyl/N-ethyl adjacent to an activating group) is 1. The van der Waals surface area contributed by atoms with Crippen molar-refractivity contribution in [1.29, 1.82) is 0 Å². The summed E-state index contributed by atoms with van der Waals surface area (Å²) in [5, 5.41) is 0. The average molecular weight is 236 g/mol. The van der Waals surface area contributed by atoms with Crippen LogP contribution in [0.5, 0.6) is 0 Å². The van der Waals surface area contributed by atoms with E-state index in [1.54, 1.807) is 6.20 Å². The molecule has 1 heterocycles. The Labute approximate surface area is 105 Å². The molecule has 0 saturated carbocycles. The number of hydrogen-bond acceptors (Lipinski definition) is 3. The van der Waals surface area contributed by atoms with Gasteiger partial charge < -0.3 is 9.64 Å². The normalized spacial score (nSPS) is 11.0. The fourth-order valence-electron chi connectivity index (χ4n) is 1.66.